The number of hydrogen-bond donors (Lipinski definition) is 1. The van der Waals surface area contributed by atoms with Crippen molar-refractivity contribution >= 4 is 11.7 Å². The van der Waals surface area contributed by atoms with Crippen molar-refractivity contribution in [1.82, 2.24) is 9.80 Å². The van der Waals surface area contributed by atoms with Crippen LogP contribution in [0.15, 0.2) is 60.7 Å². The molecule has 3 aromatic carbocycles. The van der Waals surface area contributed by atoms with Crippen molar-refractivity contribution in [1.29, 1.82) is 0 Å². The second kappa shape index (κ2) is 12.4. The first-order valence-electron chi connectivity index (χ1n) is 15.1. The van der Waals surface area contributed by atoms with Gasteiger partial charge in [0.25, 0.3) is 6.43 Å². The number of carboxylic acid groups (broad SMARTS) is 1. The topological polar surface area (TPSA) is 56.3 Å². The zero-order valence-electron chi connectivity index (χ0n) is 24.7. The van der Waals surface area contributed by atoms with Crippen LogP contribution in [0.3, 0.4) is 0 Å². The van der Waals surface area contributed by atoms with Crippen molar-refractivity contribution in [3.63, 3.8) is 0 Å². The first-order valence-corrected chi connectivity index (χ1v) is 15.1. The Balaban J connectivity index is 1.28. The molecule has 3 aliphatic heterocycles. The van der Waals surface area contributed by atoms with Crippen LogP contribution < -0.4 is 9.64 Å². The minimum absolute atomic E-state index is 0.0171. The number of ether oxygens (including phenoxy) is 1. The van der Waals surface area contributed by atoms with Crippen molar-refractivity contribution in [2.75, 3.05) is 44.2 Å². The molecule has 0 saturated carbocycles. The van der Waals surface area contributed by atoms with Crippen molar-refractivity contribution in [2.45, 2.75) is 51.3 Å². The van der Waals surface area contributed by atoms with E-state index in [2.05, 4.69) is 0 Å². The van der Waals surface area contributed by atoms with Crippen molar-refractivity contribution in [2.24, 2.45) is 5.41 Å². The van der Waals surface area contributed by atoms with E-state index < -0.39 is 42.7 Å². The van der Waals surface area contributed by atoms with Gasteiger partial charge >= 0.3 is 5.97 Å². The number of halogens is 4. The number of rotatable bonds is 9. The molecule has 1 unspecified atom stereocenters. The summed E-state index contributed by atoms with van der Waals surface area (Å²) in [5.74, 6) is -1.80. The minimum Gasteiger partial charge on any atom is -0.489 e. The van der Waals surface area contributed by atoms with Crippen LogP contribution >= 0.6 is 0 Å². The largest absolute Gasteiger partial charge is 0.489 e. The molecule has 44 heavy (non-hydrogen) atoms. The van der Waals surface area contributed by atoms with E-state index in [1.165, 1.54) is 17.0 Å². The van der Waals surface area contributed by atoms with E-state index in [1.54, 1.807) is 19.1 Å². The fourth-order valence-electron chi connectivity index (χ4n) is 7.40. The number of aliphatic carboxylic acids is 1. The number of hydrogen-bond acceptors (Lipinski definition) is 5. The average Bonchev–Trinajstić information content (AvgIpc) is 2.96. The van der Waals surface area contributed by atoms with Gasteiger partial charge in [-0.3, -0.25) is 14.6 Å². The first kappa shape index (κ1) is 30.4. The van der Waals surface area contributed by atoms with E-state index in [0.717, 1.165) is 24.0 Å². The Hall–Kier alpha value is -3.63. The quantitative estimate of drug-likeness (QED) is 0.294. The van der Waals surface area contributed by atoms with Gasteiger partial charge in [-0.05, 0) is 67.1 Å². The van der Waals surface area contributed by atoms with Gasteiger partial charge in [-0.2, -0.15) is 0 Å². The van der Waals surface area contributed by atoms with E-state index in [1.807, 2.05) is 46.2 Å². The number of alkyl halides is 2. The van der Waals surface area contributed by atoms with Crippen LogP contribution in [-0.2, 0) is 17.8 Å². The summed E-state index contributed by atoms with van der Waals surface area (Å²) in [4.78, 5) is 16.4. The summed E-state index contributed by atoms with van der Waals surface area (Å²) in [6, 6.07) is 16.2. The Bertz CT molecular complexity index is 1480. The molecule has 0 radical (unpaired) electrons. The Kier molecular flexibility index (Phi) is 8.57. The molecule has 1 N–H and O–H groups in total. The summed E-state index contributed by atoms with van der Waals surface area (Å²) in [7, 11) is 0. The van der Waals surface area contributed by atoms with Gasteiger partial charge < -0.3 is 14.7 Å². The second-order valence-electron chi connectivity index (χ2n) is 12.6. The SMILES string of the molecule is C[C@@H]1Cc2cc(OCc3ccccc3)ccc2C(c2c(F)cc(N3CCCC4(CN(CC(=O)O)C4)C3)cc2F)N1CC(F)F. The molecular weight excluding hydrogens is 574 g/mol. The standard InChI is InChI=1S/C34H37F4N3O3/c1-22-12-24-13-26(44-18-23-6-3-2-4-7-23)8-9-27(24)33(41(22)16-30(37)38)32-28(35)14-25(15-29(32)36)40-11-5-10-34(21-40)19-39(20-34)17-31(42)43/h2-4,6-9,13-15,22,30,33H,5,10-12,16-21H2,1H3,(H,42,43)/t22-,33?/m1/s1. The lowest BCUT2D eigenvalue weighted by Gasteiger charge is -2.54. The molecule has 10 heteroatoms. The molecule has 0 bridgehead atoms. The predicted molar refractivity (Wildman–Crippen MR) is 159 cm³/mol. The van der Waals surface area contributed by atoms with Crippen LogP contribution in [0.1, 0.15) is 48.1 Å². The van der Waals surface area contributed by atoms with Crippen molar-refractivity contribution < 1.29 is 32.2 Å². The lowest BCUT2D eigenvalue weighted by molar-refractivity contribution is -0.142. The lowest BCUT2D eigenvalue weighted by atomic mass is 9.73. The molecule has 3 aliphatic rings. The number of fused-ring (bicyclic) bond motifs is 1. The van der Waals surface area contributed by atoms with Gasteiger partial charge in [-0.1, -0.05) is 36.4 Å². The van der Waals surface area contributed by atoms with Gasteiger partial charge in [-0.15, -0.1) is 0 Å². The maximum Gasteiger partial charge on any atom is 0.317 e. The number of likely N-dealkylation sites (tertiary alicyclic amines) is 1. The molecule has 234 valence electrons. The maximum absolute atomic E-state index is 16.1. The molecule has 0 aliphatic carbocycles. The van der Waals surface area contributed by atoms with E-state index in [9.17, 15) is 13.6 Å². The summed E-state index contributed by atoms with van der Waals surface area (Å²) in [6.07, 6.45) is -0.472. The highest BCUT2D eigenvalue weighted by Gasteiger charge is 2.46. The summed E-state index contributed by atoms with van der Waals surface area (Å²) in [5, 5.41) is 9.10. The monoisotopic (exact) mass is 611 g/mol. The fourth-order valence-corrected chi connectivity index (χ4v) is 7.40. The molecule has 0 aromatic heterocycles. The number of nitrogens with zero attached hydrogens (tertiary/aromatic N) is 3. The van der Waals surface area contributed by atoms with Crippen LogP contribution in [-0.4, -0.2) is 72.6 Å². The minimum atomic E-state index is -2.67. The number of anilines is 1. The molecule has 2 saturated heterocycles. The third-order valence-electron chi connectivity index (χ3n) is 9.26. The summed E-state index contributed by atoms with van der Waals surface area (Å²) in [5.41, 5.74) is 2.47. The van der Waals surface area contributed by atoms with Gasteiger partial charge in [0.05, 0.1) is 19.1 Å². The molecule has 2 atom stereocenters. The Morgan fingerprint density at radius 2 is 1.77 bits per heavy atom. The van der Waals surface area contributed by atoms with Crippen LogP contribution in [0.25, 0.3) is 0 Å². The van der Waals surface area contributed by atoms with Crippen LogP contribution in [0, 0.1) is 17.0 Å². The maximum atomic E-state index is 16.1. The molecule has 2 fully saturated rings. The highest BCUT2D eigenvalue weighted by Crippen LogP contribution is 2.44. The molecule has 6 nitrogen and oxygen atoms in total. The summed E-state index contributed by atoms with van der Waals surface area (Å²) < 4.78 is 65.8. The third kappa shape index (κ3) is 6.28. The third-order valence-corrected chi connectivity index (χ3v) is 9.26. The molecule has 6 rings (SSSR count). The van der Waals surface area contributed by atoms with Crippen molar-refractivity contribution in [3.05, 3.63) is 94.6 Å². The lowest BCUT2D eigenvalue weighted by Crippen LogP contribution is -2.63. The summed E-state index contributed by atoms with van der Waals surface area (Å²) >= 11 is 0. The van der Waals surface area contributed by atoms with Crippen LogP contribution in [0.4, 0.5) is 23.2 Å². The van der Waals surface area contributed by atoms with Gasteiger partial charge in [0, 0.05) is 48.9 Å². The molecule has 1 spiro atoms. The number of benzene rings is 3. The Labute approximate surface area is 254 Å². The molecule has 0 amide bonds. The fraction of sp³-hybridized carbons (Fsp3) is 0.441. The zero-order chi connectivity index (χ0) is 31.0. The van der Waals surface area contributed by atoms with E-state index in [0.29, 0.717) is 56.2 Å². The van der Waals surface area contributed by atoms with Crippen molar-refractivity contribution in [3.8, 4) is 5.75 Å². The van der Waals surface area contributed by atoms with Gasteiger partial charge in [0.15, 0.2) is 0 Å². The average molecular weight is 612 g/mol. The van der Waals surface area contributed by atoms with Gasteiger partial charge in [-0.25, -0.2) is 17.6 Å². The Morgan fingerprint density at radius 1 is 1.05 bits per heavy atom. The van der Waals surface area contributed by atoms with Crippen LogP contribution in [0.5, 0.6) is 5.75 Å². The smallest absolute Gasteiger partial charge is 0.317 e. The van der Waals surface area contributed by atoms with Crippen LogP contribution in [0.2, 0.25) is 0 Å². The van der Waals surface area contributed by atoms with Gasteiger partial charge in [0.2, 0.25) is 0 Å². The molecule has 3 aromatic rings. The highest BCUT2D eigenvalue weighted by molar-refractivity contribution is 5.69. The number of piperidine rings is 1. The van der Waals surface area contributed by atoms with Gasteiger partial charge in [0.1, 0.15) is 24.0 Å². The molecule has 3 heterocycles. The zero-order valence-corrected chi connectivity index (χ0v) is 24.7. The van der Waals surface area contributed by atoms with E-state index >= 15 is 8.78 Å². The van der Waals surface area contributed by atoms with E-state index in [4.69, 9.17) is 9.84 Å². The van der Waals surface area contributed by atoms with E-state index in [-0.39, 0.29) is 17.5 Å². The predicted octanol–water partition coefficient (Wildman–Crippen LogP) is 6.13. The Morgan fingerprint density at radius 3 is 2.45 bits per heavy atom. The summed E-state index contributed by atoms with van der Waals surface area (Å²) in [6.45, 7) is 4.01. The first-order chi connectivity index (χ1) is 21.1. The normalized spacial score (nSPS) is 21.7. The second-order valence-corrected chi connectivity index (χ2v) is 12.6. The molecular formula is C34H37F4N3O3. The number of carboxylic acids is 1. The number of carbonyl (C=O) groups is 1. The highest BCUT2D eigenvalue weighted by atomic mass is 19.3.